The number of carbonyl (C=O) groups is 1. The van der Waals surface area contributed by atoms with E-state index in [1.54, 1.807) is 24.2 Å². The molecule has 0 atom stereocenters. The van der Waals surface area contributed by atoms with Gasteiger partial charge in [0.05, 0.1) is 6.54 Å². The Hall–Kier alpha value is -1.75. The monoisotopic (exact) mass is 261 g/mol. The van der Waals surface area contributed by atoms with Crippen molar-refractivity contribution in [2.75, 3.05) is 6.26 Å². The molecule has 2 aromatic rings. The van der Waals surface area contributed by atoms with Crippen molar-refractivity contribution in [3.8, 4) is 0 Å². The van der Waals surface area contributed by atoms with Crippen molar-refractivity contribution in [1.29, 1.82) is 0 Å². The number of aryl methyl sites for hydroxylation is 1. The van der Waals surface area contributed by atoms with Crippen LogP contribution < -0.4 is 5.32 Å². The zero-order valence-electron chi connectivity index (χ0n) is 10.4. The lowest BCUT2D eigenvalue weighted by molar-refractivity contribution is 0.0949. The van der Waals surface area contributed by atoms with Crippen molar-refractivity contribution in [3.05, 3.63) is 47.5 Å². The van der Waals surface area contributed by atoms with Gasteiger partial charge in [-0.25, -0.2) is 4.98 Å². The molecule has 0 aliphatic rings. The lowest BCUT2D eigenvalue weighted by Crippen LogP contribution is -2.24. The minimum atomic E-state index is -0.0696. The van der Waals surface area contributed by atoms with E-state index in [4.69, 9.17) is 0 Å². The topological polar surface area (TPSA) is 57.8 Å². The number of hydrogen-bond donors (Lipinski definition) is 2. The molecule has 5 heteroatoms. The zero-order valence-corrected chi connectivity index (χ0v) is 11.2. The third-order valence-corrected chi connectivity index (χ3v) is 3.39. The van der Waals surface area contributed by atoms with Gasteiger partial charge < -0.3 is 10.3 Å². The number of rotatable bonds is 4. The normalized spacial score (nSPS) is 10.3. The summed E-state index contributed by atoms with van der Waals surface area (Å²) in [7, 11) is 0. The van der Waals surface area contributed by atoms with E-state index < -0.39 is 0 Å². The lowest BCUT2D eigenvalue weighted by atomic mass is 10.1. The molecule has 1 heterocycles. The first-order chi connectivity index (χ1) is 8.70. The van der Waals surface area contributed by atoms with Crippen LogP contribution in [0.1, 0.15) is 21.7 Å². The highest BCUT2D eigenvalue weighted by molar-refractivity contribution is 7.98. The molecule has 0 spiro atoms. The molecule has 0 unspecified atom stereocenters. The number of thioether (sulfide) groups is 1. The van der Waals surface area contributed by atoms with Gasteiger partial charge in [-0.15, -0.1) is 11.8 Å². The van der Waals surface area contributed by atoms with E-state index in [9.17, 15) is 4.79 Å². The Morgan fingerprint density at radius 1 is 1.50 bits per heavy atom. The van der Waals surface area contributed by atoms with Crippen LogP contribution in [0.25, 0.3) is 0 Å². The number of nitrogens with zero attached hydrogens (tertiary/aromatic N) is 1. The summed E-state index contributed by atoms with van der Waals surface area (Å²) in [5, 5.41) is 2.85. The summed E-state index contributed by atoms with van der Waals surface area (Å²) in [4.78, 5) is 20.2. The second kappa shape index (κ2) is 5.73. The molecule has 1 amide bonds. The molecule has 0 aliphatic heterocycles. The van der Waals surface area contributed by atoms with Crippen molar-refractivity contribution in [1.82, 2.24) is 15.3 Å². The number of amides is 1. The first-order valence-electron chi connectivity index (χ1n) is 5.62. The Kier molecular flexibility index (Phi) is 4.04. The Bertz CT molecular complexity index is 537. The van der Waals surface area contributed by atoms with Gasteiger partial charge in [0.1, 0.15) is 5.82 Å². The van der Waals surface area contributed by atoms with Gasteiger partial charge >= 0.3 is 0 Å². The van der Waals surface area contributed by atoms with Crippen LogP contribution >= 0.6 is 11.8 Å². The molecule has 0 radical (unpaired) electrons. The maximum Gasteiger partial charge on any atom is 0.251 e. The average Bonchev–Trinajstić information content (AvgIpc) is 2.89. The lowest BCUT2D eigenvalue weighted by Gasteiger charge is -2.08. The molecule has 0 fully saturated rings. The first kappa shape index (κ1) is 12.7. The molecule has 94 valence electrons. The maximum absolute atomic E-state index is 12.1. The maximum atomic E-state index is 12.1. The smallest absolute Gasteiger partial charge is 0.251 e. The van der Waals surface area contributed by atoms with Crippen LogP contribution in [0.4, 0.5) is 0 Å². The molecule has 2 N–H and O–H groups in total. The number of hydrogen-bond acceptors (Lipinski definition) is 3. The highest BCUT2D eigenvalue weighted by atomic mass is 32.2. The Balaban J connectivity index is 2.08. The summed E-state index contributed by atoms with van der Waals surface area (Å²) >= 11 is 1.63. The molecule has 18 heavy (non-hydrogen) atoms. The molecule has 0 bridgehead atoms. The van der Waals surface area contributed by atoms with E-state index in [2.05, 4.69) is 15.3 Å². The van der Waals surface area contributed by atoms with Gasteiger partial charge in [-0.2, -0.15) is 0 Å². The van der Waals surface area contributed by atoms with E-state index >= 15 is 0 Å². The summed E-state index contributed by atoms with van der Waals surface area (Å²) < 4.78 is 0. The predicted octanol–water partition coefficient (Wildman–Crippen LogP) is 2.37. The summed E-state index contributed by atoms with van der Waals surface area (Å²) in [6.07, 6.45) is 5.40. The predicted molar refractivity (Wildman–Crippen MR) is 72.7 cm³/mol. The van der Waals surface area contributed by atoms with Gasteiger partial charge in [-0.3, -0.25) is 4.79 Å². The van der Waals surface area contributed by atoms with Crippen LogP contribution in [-0.4, -0.2) is 22.1 Å². The van der Waals surface area contributed by atoms with E-state index in [0.717, 1.165) is 16.3 Å². The highest BCUT2D eigenvalue weighted by Crippen LogP contribution is 2.19. The quantitative estimate of drug-likeness (QED) is 0.831. The van der Waals surface area contributed by atoms with Gasteiger partial charge in [-0.1, -0.05) is 6.07 Å². The van der Waals surface area contributed by atoms with Crippen molar-refractivity contribution < 1.29 is 4.79 Å². The van der Waals surface area contributed by atoms with Gasteiger partial charge in [0.2, 0.25) is 0 Å². The van der Waals surface area contributed by atoms with E-state index in [1.807, 2.05) is 31.4 Å². The summed E-state index contributed by atoms with van der Waals surface area (Å²) in [6, 6.07) is 5.90. The minimum absolute atomic E-state index is 0.0696. The van der Waals surface area contributed by atoms with Crippen molar-refractivity contribution in [2.45, 2.75) is 18.4 Å². The summed E-state index contributed by atoms with van der Waals surface area (Å²) in [5.41, 5.74) is 1.69. The van der Waals surface area contributed by atoms with Crippen LogP contribution in [-0.2, 0) is 6.54 Å². The Labute approximate surface area is 110 Å². The van der Waals surface area contributed by atoms with Crippen molar-refractivity contribution in [3.63, 3.8) is 0 Å². The van der Waals surface area contributed by atoms with Gasteiger partial charge in [-0.05, 0) is 30.9 Å². The van der Waals surface area contributed by atoms with Crippen LogP contribution in [0, 0.1) is 6.92 Å². The third-order valence-electron chi connectivity index (χ3n) is 2.66. The van der Waals surface area contributed by atoms with Gasteiger partial charge in [0.25, 0.3) is 5.91 Å². The van der Waals surface area contributed by atoms with Crippen LogP contribution in [0.5, 0.6) is 0 Å². The minimum Gasteiger partial charge on any atom is -0.347 e. The van der Waals surface area contributed by atoms with Gasteiger partial charge in [0, 0.05) is 22.9 Å². The van der Waals surface area contributed by atoms with Crippen molar-refractivity contribution >= 4 is 17.7 Å². The summed E-state index contributed by atoms with van der Waals surface area (Å²) in [5.74, 6) is 0.682. The average molecular weight is 261 g/mol. The molecule has 1 aromatic carbocycles. The third kappa shape index (κ3) is 2.92. The van der Waals surface area contributed by atoms with Crippen LogP contribution in [0.3, 0.4) is 0 Å². The Morgan fingerprint density at radius 2 is 2.33 bits per heavy atom. The standard InChI is InChI=1S/C13H15N3OS/c1-9-3-4-10(18-2)7-11(9)13(17)16-8-12-14-5-6-15-12/h3-7H,8H2,1-2H3,(H,14,15)(H,16,17). The van der Waals surface area contributed by atoms with Crippen LogP contribution in [0.15, 0.2) is 35.5 Å². The SMILES string of the molecule is CSc1ccc(C)c(C(=O)NCc2ncc[nH]2)c1. The van der Waals surface area contributed by atoms with Crippen molar-refractivity contribution in [2.24, 2.45) is 0 Å². The number of imidazole rings is 1. The molecule has 1 aromatic heterocycles. The number of benzene rings is 1. The van der Waals surface area contributed by atoms with E-state index in [1.165, 1.54) is 0 Å². The molecule has 0 aliphatic carbocycles. The number of carbonyl (C=O) groups excluding carboxylic acids is 1. The zero-order chi connectivity index (χ0) is 13.0. The second-order valence-electron chi connectivity index (χ2n) is 3.90. The fourth-order valence-electron chi connectivity index (χ4n) is 1.63. The fourth-order valence-corrected chi connectivity index (χ4v) is 2.07. The molecule has 2 rings (SSSR count). The molecule has 0 saturated heterocycles. The first-order valence-corrected chi connectivity index (χ1v) is 6.84. The van der Waals surface area contributed by atoms with E-state index in [-0.39, 0.29) is 5.91 Å². The number of H-pyrrole nitrogens is 1. The van der Waals surface area contributed by atoms with Crippen LogP contribution in [0.2, 0.25) is 0 Å². The Morgan fingerprint density at radius 3 is 3.00 bits per heavy atom. The number of aromatic nitrogens is 2. The van der Waals surface area contributed by atoms with Gasteiger partial charge in [0.15, 0.2) is 0 Å². The molecular formula is C13H15N3OS. The highest BCUT2D eigenvalue weighted by Gasteiger charge is 2.09. The molecule has 0 saturated carbocycles. The number of nitrogens with one attached hydrogen (secondary N) is 2. The summed E-state index contributed by atoms with van der Waals surface area (Å²) in [6.45, 7) is 2.35. The molecule has 4 nitrogen and oxygen atoms in total. The molecular weight excluding hydrogens is 246 g/mol. The fraction of sp³-hybridized carbons (Fsp3) is 0.231. The largest absolute Gasteiger partial charge is 0.347 e. The van der Waals surface area contributed by atoms with E-state index in [0.29, 0.717) is 12.1 Å². The second-order valence-corrected chi connectivity index (χ2v) is 4.78. The number of aromatic amines is 1.